The van der Waals surface area contributed by atoms with Crippen molar-refractivity contribution < 1.29 is 14.0 Å². The summed E-state index contributed by atoms with van der Waals surface area (Å²) < 4.78 is 12.9. The van der Waals surface area contributed by atoms with E-state index in [-0.39, 0.29) is 11.7 Å². The number of hydrogen-bond acceptors (Lipinski definition) is 4. The van der Waals surface area contributed by atoms with Gasteiger partial charge >= 0.3 is 6.03 Å². The molecule has 0 saturated carbocycles. The molecule has 23 heavy (non-hydrogen) atoms. The van der Waals surface area contributed by atoms with Gasteiger partial charge in [-0.05, 0) is 29.8 Å². The van der Waals surface area contributed by atoms with Crippen LogP contribution < -0.4 is 10.9 Å². The summed E-state index contributed by atoms with van der Waals surface area (Å²) in [5, 5.41) is 4.37. The van der Waals surface area contributed by atoms with E-state index in [1.807, 2.05) is 18.2 Å². The van der Waals surface area contributed by atoms with Crippen LogP contribution >= 0.6 is 0 Å². The van der Waals surface area contributed by atoms with E-state index in [0.717, 1.165) is 5.56 Å². The maximum absolute atomic E-state index is 12.9. The van der Waals surface area contributed by atoms with Crippen molar-refractivity contribution in [3.05, 3.63) is 66.0 Å². The van der Waals surface area contributed by atoms with Gasteiger partial charge in [-0.2, -0.15) is 10.0 Å². The van der Waals surface area contributed by atoms with Gasteiger partial charge in [0.05, 0.1) is 6.54 Å². The SMILES string of the molecule is O=C(/N=C1\CN(Cc2ccc(F)cc2)NO1)Nc1ccccc1. The monoisotopic (exact) mass is 314 g/mol. The minimum absolute atomic E-state index is 0.264. The lowest BCUT2D eigenvalue weighted by Crippen LogP contribution is -2.29. The highest BCUT2D eigenvalue weighted by atomic mass is 19.1. The average Bonchev–Trinajstić information content (AvgIpc) is 2.97. The normalized spacial score (nSPS) is 16.3. The fourth-order valence-electron chi connectivity index (χ4n) is 2.09. The number of carbonyl (C=O) groups is 1. The fraction of sp³-hybridized carbons (Fsp3) is 0.125. The molecule has 7 heteroatoms. The Morgan fingerprint density at radius 1 is 1.22 bits per heavy atom. The number of nitrogens with zero attached hydrogens (tertiary/aromatic N) is 2. The first-order chi connectivity index (χ1) is 11.2. The van der Waals surface area contributed by atoms with E-state index in [0.29, 0.717) is 18.8 Å². The van der Waals surface area contributed by atoms with Crippen LogP contribution in [0.4, 0.5) is 14.9 Å². The van der Waals surface area contributed by atoms with Gasteiger partial charge in [-0.25, -0.2) is 9.18 Å². The third-order valence-electron chi connectivity index (χ3n) is 3.16. The van der Waals surface area contributed by atoms with E-state index in [2.05, 4.69) is 15.9 Å². The van der Waals surface area contributed by atoms with Crippen molar-refractivity contribution in [3.8, 4) is 0 Å². The van der Waals surface area contributed by atoms with Gasteiger partial charge in [-0.15, -0.1) is 0 Å². The van der Waals surface area contributed by atoms with Crippen LogP contribution in [0.3, 0.4) is 0 Å². The van der Waals surface area contributed by atoms with E-state index in [4.69, 9.17) is 4.84 Å². The number of para-hydroxylation sites is 1. The van der Waals surface area contributed by atoms with Crippen molar-refractivity contribution >= 4 is 17.6 Å². The molecule has 0 unspecified atom stereocenters. The van der Waals surface area contributed by atoms with Gasteiger partial charge in [0.1, 0.15) is 5.82 Å². The van der Waals surface area contributed by atoms with Gasteiger partial charge in [0, 0.05) is 12.2 Å². The van der Waals surface area contributed by atoms with Gasteiger partial charge in [0.15, 0.2) is 0 Å². The average molecular weight is 314 g/mol. The highest BCUT2D eigenvalue weighted by Crippen LogP contribution is 2.09. The molecule has 2 aromatic carbocycles. The number of benzene rings is 2. The van der Waals surface area contributed by atoms with E-state index >= 15 is 0 Å². The Bertz CT molecular complexity index is 704. The molecule has 1 saturated heterocycles. The summed E-state index contributed by atoms with van der Waals surface area (Å²) in [5.74, 6) is -0.0141. The second-order valence-corrected chi connectivity index (χ2v) is 4.98. The molecule has 2 N–H and O–H groups in total. The van der Waals surface area contributed by atoms with Crippen molar-refractivity contribution in [1.82, 2.24) is 10.6 Å². The predicted molar refractivity (Wildman–Crippen MR) is 83.9 cm³/mol. The number of carbonyl (C=O) groups excluding carboxylic acids is 1. The second-order valence-electron chi connectivity index (χ2n) is 4.98. The molecule has 1 fully saturated rings. The molecule has 2 aromatic rings. The van der Waals surface area contributed by atoms with E-state index in [1.54, 1.807) is 29.3 Å². The quantitative estimate of drug-likeness (QED) is 0.914. The third-order valence-corrected chi connectivity index (χ3v) is 3.16. The minimum Gasteiger partial charge on any atom is -0.376 e. The van der Waals surface area contributed by atoms with E-state index in [1.165, 1.54) is 12.1 Å². The molecular formula is C16H15FN4O2. The number of halogens is 1. The second kappa shape index (κ2) is 6.99. The highest BCUT2D eigenvalue weighted by molar-refractivity contribution is 5.98. The van der Waals surface area contributed by atoms with Gasteiger partial charge in [-0.3, -0.25) is 0 Å². The number of amides is 2. The first kappa shape index (κ1) is 15.1. The van der Waals surface area contributed by atoms with Crippen LogP contribution in [0, 0.1) is 5.82 Å². The molecule has 0 bridgehead atoms. The maximum atomic E-state index is 12.9. The standard InChI is InChI=1S/C16H15FN4O2/c17-13-8-6-12(7-9-13)10-21-11-15(23-20-21)19-16(22)18-14-4-2-1-3-5-14/h1-9,20H,10-11H2,(H,18,22)/b19-15+. The summed E-state index contributed by atoms with van der Waals surface area (Å²) in [6.07, 6.45) is 0. The molecule has 2 amide bonds. The van der Waals surface area contributed by atoms with Crippen molar-refractivity contribution in [3.63, 3.8) is 0 Å². The highest BCUT2D eigenvalue weighted by Gasteiger charge is 2.20. The zero-order valence-corrected chi connectivity index (χ0v) is 12.2. The molecule has 0 radical (unpaired) electrons. The number of aliphatic imine (C=N–C) groups is 1. The molecule has 0 atom stereocenters. The molecule has 1 aliphatic rings. The Labute approximate surface area is 132 Å². The number of rotatable bonds is 3. The van der Waals surface area contributed by atoms with Gasteiger partial charge < -0.3 is 10.2 Å². The Hall–Kier alpha value is -2.77. The van der Waals surface area contributed by atoms with Crippen LogP contribution in [0.15, 0.2) is 59.6 Å². The molecule has 0 spiro atoms. The zero-order chi connectivity index (χ0) is 16.1. The topological polar surface area (TPSA) is 66.0 Å². The Kier molecular flexibility index (Phi) is 4.60. The van der Waals surface area contributed by atoms with Crippen LogP contribution in [-0.2, 0) is 11.4 Å². The smallest absolute Gasteiger partial charge is 0.348 e. The maximum Gasteiger partial charge on any atom is 0.348 e. The van der Waals surface area contributed by atoms with Gasteiger partial charge in [-0.1, -0.05) is 35.9 Å². The van der Waals surface area contributed by atoms with Crippen LogP contribution in [0.2, 0.25) is 0 Å². The molecule has 118 valence electrons. The van der Waals surface area contributed by atoms with Crippen molar-refractivity contribution in [2.75, 3.05) is 11.9 Å². The Morgan fingerprint density at radius 3 is 2.70 bits per heavy atom. The minimum atomic E-state index is -0.503. The Balaban J connectivity index is 1.54. The summed E-state index contributed by atoms with van der Waals surface area (Å²) in [7, 11) is 0. The van der Waals surface area contributed by atoms with Crippen molar-refractivity contribution in [1.29, 1.82) is 0 Å². The number of urea groups is 1. The summed E-state index contributed by atoms with van der Waals surface area (Å²) in [5.41, 5.74) is 4.25. The van der Waals surface area contributed by atoms with Gasteiger partial charge in [0.2, 0.25) is 5.90 Å². The van der Waals surface area contributed by atoms with Crippen LogP contribution in [0.5, 0.6) is 0 Å². The molecule has 3 rings (SSSR count). The third kappa shape index (κ3) is 4.35. The van der Waals surface area contributed by atoms with Crippen LogP contribution in [-0.4, -0.2) is 23.5 Å². The van der Waals surface area contributed by atoms with Gasteiger partial charge in [0.25, 0.3) is 0 Å². The predicted octanol–water partition coefficient (Wildman–Crippen LogP) is 2.71. The Morgan fingerprint density at radius 2 is 1.96 bits per heavy atom. The van der Waals surface area contributed by atoms with Crippen molar-refractivity contribution in [2.24, 2.45) is 4.99 Å². The molecule has 0 aliphatic carbocycles. The van der Waals surface area contributed by atoms with Crippen LogP contribution in [0.25, 0.3) is 0 Å². The number of hydrogen-bond donors (Lipinski definition) is 2. The number of anilines is 1. The zero-order valence-electron chi connectivity index (χ0n) is 12.2. The first-order valence-electron chi connectivity index (χ1n) is 7.04. The molecule has 0 aromatic heterocycles. The summed E-state index contributed by atoms with van der Waals surface area (Å²) in [6.45, 7) is 0.833. The summed E-state index contributed by atoms with van der Waals surface area (Å²) >= 11 is 0. The van der Waals surface area contributed by atoms with Crippen LogP contribution in [0.1, 0.15) is 5.56 Å². The molecule has 6 nitrogen and oxygen atoms in total. The summed E-state index contributed by atoms with van der Waals surface area (Å²) in [4.78, 5) is 20.8. The van der Waals surface area contributed by atoms with Crippen molar-refractivity contribution in [2.45, 2.75) is 6.54 Å². The number of hydrazine groups is 1. The molecular weight excluding hydrogens is 299 g/mol. The van der Waals surface area contributed by atoms with E-state index < -0.39 is 6.03 Å². The lowest BCUT2D eigenvalue weighted by atomic mass is 10.2. The fourth-order valence-corrected chi connectivity index (χ4v) is 2.09. The lowest BCUT2D eigenvalue weighted by molar-refractivity contribution is 0.0496. The van der Waals surface area contributed by atoms with E-state index in [9.17, 15) is 9.18 Å². The molecule has 1 heterocycles. The molecule has 1 aliphatic heterocycles. The first-order valence-corrected chi connectivity index (χ1v) is 7.04. The largest absolute Gasteiger partial charge is 0.376 e. The number of nitrogens with one attached hydrogen (secondary N) is 2. The lowest BCUT2D eigenvalue weighted by Gasteiger charge is -2.11. The summed E-state index contributed by atoms with van der Waals surface area (Å²) in [6, 6.07) is 14.7.